The summed E-state index contributed by atoms with van der Waals surface area (Å²) in [6.07, 6.45) is 0. The molecular formula is C7H17N2O. The largest absolute Gasteiger partial charge is 0.305 e. The predicted molar refractivity (Wildman–Crippen MR) is 41.3 cm³/mol. The summed E-state index contributed by atoms with van der Waals surface area (Å²) in [4.78, 5) is 3.58. The van der Waals surface area contributed by atoms with Gasteiger partial charge >= 0.3 is 0 Å². The number of hydrogen-bond acceptors (Lipinski definition) is 2. The van der Waals surface area contributed by atoms with E-state index in [0.717, 1.165) is 0 Å². The van der Waals surface area contributed by atoms with Gasteiger partial charge in [0, 0.05) is 6.54 Å². The van der Waals surface area contributed by atoms with Crippen LogP contribution in [0.2, 0.25) is 0 Å². The van der Waals surface area contributed by atoms with Crippen molar-refractivity contribution >= 4 is 0 Å². The number of nitrogens with zero attached hydrogens (tertiary/aromatic N) is 2. The van der Waals surface area contributed by atoms with Gasteiger partial charge in [-0.05, 0) is 35.1 Å². The highest BCUT2D eigenvalue weighted by Crippen LogP contribution is 2.07. The summed E-state index contributed by atoms with van der Waals surface area (Å²) in [5.41, 5.74) is -0.969. The second-order valence-corrected chi connectivity index (χ2v) is 3.31. The fourth-order valence-corrected chi connectivity index (χ4v) is 0.728. The molecule has 0 aromatic rings. The first-order chi connectivity index (χ1) is 4.36. The lowest BCUT2D eigenvalue weighted by Gasteiger charge is -2.30. The maximum Gasteiger partial charge on any atom is 0.166 e. The Bertz CT molecular complexity index is 99.8. The van der Waals surface area contributed by atoms with Gasteiger partial charge in [-0.25, -0.2) is 5.11 Å². The highest BCUT2D eigenvalue weighted by molar-refractivity contribution is 4.70. The molecule has 0 aliphatic rings. The van der Waals surface area contributed by atoms with Gasteiger partial charge in [0.05, 0.1) is 0 Å². The van der Waals surface area contributed by atoms with Crippen molar-refractivity contribution in [2.75, 3.05) is 34.7 Å². The Labute approximate surface area is 63.2 Å². The van der Waals surface area contributed by atoms with Gasteiger partial charge in [0.1, 0.15) is 0 Å². The zero-order valence-corrected chi connectivity index (χ0v) is 7.51. The number of hydrogen-bond donors (Lipinski definition) is 0. The molecule has 0 aromatic carbocycles. The molecular weight excluding hydrogens is 128 g/mol. The van der Waals surface area contributed by atoms with Gasteiger partial charge in [-0.3, -0.25) is 4.90 Å². The fourth-order valence-electron chi connectivity index (χ4n) is 0.728. The normalized spacial score (nSPS) is 18.0. The zero-order valence-electron chi connectivity index (χ0n) is 7.51. The Kier molecular flexibility index (Phi) is 3.28. The first kappa shape index (κ1) is 9.88. The molecule has 0 bridgehead atoms. The lowest BCUT2D eigenvalue weighted by atomic mass is 10.2. The van der Waals surface area contributed by atoms with Gasteiger partial charge < -0.3 is 4.90 Å². The fraction of sp³-hybridized carbons (Fsp3) is 1.00. The third-order valence-electron chi connectivity index (χ3n) is 1.56. The topological polar surface area (TPSA) is 26.4 Å². The maximum atomic E-state index is 11.5. The van der Waals surface area contributed by atoms with Crippen molar-refractivity contribution in [1.29, 1.82) is 0 Å². The van der Waals surface area contributed by atoms with E-state index in [-0.39, 0.29) is 0 Å². The summed E-state index contributed by atoms with van der Waals surface area (Å²) in [7, 11) is 7.41. The molecule has 0 spiro atoms. The van der Waals surface area contributed by atoms with Gasteiger partial charge in [-0.2, -0.15) is 0 Å². The molecule has 0 N–H and O–H groups in total. The highest BCUT2D eigenvalue weighted by Gasteiger charge is 2.25. The first-order valence-electron chi connectivity index (χ1n) is 3.39. The summed E-state index contributed by atoms with van der Waals surface area (Å²) in [6.45, 7) is 2.23. The van der Waals surface area contributed by atoms with E-state index in [1.54, 1.807) is 25.9 Å². The molecule has 0 saturated heterocycles. The standard InChI is InChI=1S/C7H17N2O/c1-7(10,9(4)5)6-8(2)3/h6H2,1-5H3. The molecule has 10 heavy (non-hydrogen) atoms. The van der Waals surface area contributed by atoms with E-state index in [1.165, 1.54) is 0 Å². The van der Waals surface area contributed by atoms with Crippen molar-refractivity contribution < 1.29 is 5.11 Å². The summed E-state index contributed by atoms with van der Waals surface area (Å²) in [5, 5.41) is 11.5. The van der Waals surface area contributed by atoms with Crippen molar-refractivity contribution in [3.63, 3.8) is 0 Å². The van der Waals surface area contributed by atoms with E-state index in [4.69, 9.17) is 0 Å². The molecule has 0 rings (SSSR count). The Hall–Kier alpha value is -0.120. The van der Waals surface area contributed by atoms with Gasteiger partial charge in [-0.1, -0.05) is 0 Å². The van der Waals surface area contributed by atoms with Crippen LogP contribution in [0.3, 0.4) is 0 Å². The quantitative estimate of drug-likeness (QED) is 0.532. The summed E-state index contributed by atoms with van der Waals surface area (Å²) < 4.78 is 0. The predicted octanol–water partition coefficient (Wildman–Crippen LogP) is 0.256. The van der Waals surface area contributed by atoms with Crippen molar-refractivity contribution in [2.24, 2.45) is 0 Å². The lowest BCUT2D eigenvalue weighted by molar-refractivity contribution is -0.130. The van der Waals surface area contributed by atoms with E-state index >= 15 is 0 Å². The molecule has 1 atom stereocenters. The SMILES string of the molecule is CN(C)CC(C)([O])N(C)C. The van der Waals surface area contributed by atoms with E-state index in [2.05, 4.69) is 0 Å². The van der Waals surface area contributed by atoms with Crippen LogP contribution in [0, 0.1) is 0 Å². The number of likely N-dealkylation sites (N-methyl/N-ethyl adjacent to an activating group) is 2. The lowest BCUT2D eigenvalue weighted by Crippen LogP contribution is -2.47. The van der Waals surface area contributed by atoms with Gasteiger partial charge in [-0.15, -0.1) is 0 Å². The molecule has 0 fully saturated rings. The van der Waals surface area contributed by atoms with Crippen molar-refractivity contribution in [2.45, 2.75) is 12.6 Å². The zero-order chi connectivity index (χ0) is 8.36. The Morgan fingerprint density at radius 2 is 1.60 bits per heavy atom. The third kappa shape index (κ3) is 3.15. The van der Waals surface area contributed by atoms with Crippen LogP contribution in [0.15, 0.2) is 0 Å². The second-order valence-electron chi connectivity index (χ2n) is 3.31. The van der Waals surface area contributed by atoms with Crippen molar-refractivity contribution in [1.82, 2.24) is 9.80 Å². The summed E-state index contributed by atoms with van der Waals surface area (Å²) >= 11 is 0. The van der Waals surface area contributed by atoms with Crippen LogP contribution in [-0.2, 0) is 5.11 Å². The minimum absolute atomic E-state index is 0.542. The van der Waals surface area contributed by atoms with Crippen LogP contribution >= 0.6 is 0 Å². The highest BCUT2D eigenvalue weighted by atomic mass is 16.3. The molecule has 1 radical (unpaired) electrons. The second kappa shape index (κ2) is 3.32. The average Bonchev–Trinajstić information content (AvgIpc) is 1.60. The molecule has 3 nitrogen and oxygen atoms in total. The number of rotatable bonds is 3. The molecule has 0 heterocycles. The van der Waals surface area contributed by atoms with Gasteiger partial charge in [0.2, 0.25) is 0 Å². The smallest absolute Gasteiger partial charge is 0.166 e. The van der Waals surface area contributed by atoms with Crippen LogP contribution in [0.5, 0.6) is 0 Å². The summed E-state index contributed by atoms with van der Waals surface area (Å²) in [6, 6.07) is 0. The van der Waals surface area contributed by atoms with Crippen molar-refractivity contribution in [3.05, 3.63) is 0 Å². The van der Waals surface area contributed by atoms with Crippen molar-refractivity contribution in [3.8, 4) is 0 Å². The first-order valence-corrected chi connectivity index (χ1v) is 3.39. The van der Waals surface area contributed by atoms with Crippen LogP contribution in [0.4, 0.5) is 0 Å². The van der Waals surface area contributed by atoms with E-state index in [0.29, 0.717) is 6.54 Å². The van der Waals surface area contributed by atoms with Gasteiger partial charge in [0.15, 0.2) is 5.72 Å². The molecule has 0 aromatic heterocycles. The Morgan fingerprint density at radius 1 is 1.20 bits per heavy atom. The minimum Gasteiger partial charge on any atom is -0.305 e. The van der Waals surface area contributed by atoms with Crippen LogP contribution in [-0.4, -0.2) is 50.3 Å². The molecule has 0 amide bonds. The molecule has 61 valence electrons. The molecule has 3 heteroatoms. The molecule has 0 aliphatic heterocycles. The Balaban J connectivity index is 3.87. The van der Waals surface area contributed by atoms with E-state index < -0.39 is 5.72 Å². The molecule has 1 unspecified atom stereocenters. The van der Waals surface area contributed by atoms with Crippen LogP contribution < -0.4 is 0 Å². The van der Waals surface area contributed by atoms with Crippen LogP contribution in [0.25, 0.3) is 0 Å². The van der Waals surface area contributed by atoms with E-state index in [1.807, 2.05) is 19.0 Å². The van der Waals surface area contributed by atoms with Crippen LogP contribution in [0.1, 0.15) is 6.92 Å². The minimum atomic E-state index is -0.969. The maximum absolute atomic E-state index is 11.5. The van der Waals surface area contributed by atoms with Gasteiger partial charge in [0.25, 0.3) is 0 Å². The average molecular weight is 145 g/mol. The summed E-state index contributed by atoms with van der Waals surface area (Å²) in [5.74, 6) is 0. The Morgan fingerprint density at radius 3 is 1.70 bits per heavy atom. The molecule has 0 aliphatic carbocycles. The molecule has 0 saturated carbocycles. The van der Waals surface area contributed by atoms with E-state index in [9.17, 15) is 5.11 Å². The monoisotopic (exact) mass is 145 g/mol. The third-order valence-corrected chi connectivity index (χ3v) is 1.56.